The number of aliphatic hydroxyl groups excluding tert-OH is 2. The van der Waals surface area contributed by atoms with E-state index in [0.717, 1.165) is 12.0 Å². The number of rotatable bonds is 10. The molecule has 1 saturated carbocycles. The summed E-state index contributed by atoms with van der Waals surface area (Å²) >= 11 is 0. The topological polar surface area (TPSA) is 163 Å². The third-order valence-electron chi connectivity index (χ3n) is 10.3. The van der Waals surface area contributed by atoms with E-state index in [-0.39, 0.29) is 55.6 Å². The second-order valence-corrected chi connectivity index (χ2v) is 15.0. The fraction of sp³-hybridized carbons (Fsp3) is 0.537. The van der Waals surface area contributed by atoms with Gasteiger partial charge in [0.25, 0.3) is 0 Å². The monoisotopic (exact) mass is 701 g/mol. The Kier molecular flexibility index (Phi) is 12.3. The highest BCUT2D eigenvalue weighted by molar-refractivity contribution is 5.89. The lowest BCUT2D eigenvalue weighted by Gasteiger charge is -2.40. The van der Waals surface area contributed by atoms with E-state index in [9.17, 15) is 34.8 Å². The molecule has 0 aromatic heterocycles. The second-order valence-electron chi connectivity index (χ2n) is 15.0. The fourth-order valence-electron chi connectivity index (χ4n) is 7.18. The maximum atomic E-state index is 14.4. The van der Waals surface area contributed by atoms with E-state index in [1.54, 1.807) is 26.0 Å². The van der Waals surface area contributed by atoms with Crippen molar-refractivity contribution in [3.8, 4) is 23.3 Å². The average Bonchev–Trinajstić information content (AvgIpc) is 3.08. The number of Topliss-reactive ketones (excluding diaryl/α,β-unsaturated/α-hetero) is 1. The molecule has 5 N–H and O–H groups in total. The van der Waals surface area contributed by atoms with Gasteiger partial charge in [0.2, 0.25) is 0 Å². The Morgan fingerprint density at radius 2 is 1.73 bits per heavy atom. The normalized spacial score (nSPS) is 23.9. The number of ketones is 1. The van der Waals surface area contributed by atoms with Crippen molar-refractivity contribution in [2.75, 3.05) is 11.9 Å². The number of carbonyl (C=O) groups is 3. The Morgan fingerprint density at radius 1 is 1.00 bits per heavy atom. The first-order valence-electron chi connectivity index (χ1n) is 18.1. The van der Waals surface area contributed by atoms with Crippen molar-refractivity contribution < 1.29 is 44.3 Å². The number of hydrogen-bond donors (Lipinski definition) is 5. The number of benzene rings is 2. The summed E-state index contributed by atoms with van der Waals surface area (Å²) in [6.07, 6.45) is 3.28. The first-order chi connectivity index (χ1) is 24.2. The third-order valence-corrected chi connectivity index (χ3v) is 10.3. The van der Waals surface area contributed by atoms with Crippen molar-refractivity contribution in [3.05, 3.63) is 64.2 Å². The molecule has 0 amide bonds. The highest BCUT2D eigenvalue weighted by Gasteiger charge is 2.44. The highest BCUT2D eigenvalue weighted by Crippen LogP contribution is 2.42. The third kappa shape index (κ3) is 9.59. The van der Waals surface area contributed by atoms with Gasteiger partial charge in [0.15, 0.2) is 0 Å². The minimum atomic E-state index is -1.54. The van der Waals surface area contributed by atoms with Crippen LogP contribution in [0.1, 0.15) is 113 Å². The summed E-state index contributed by atoms with van der Waals surface area (Å²) in [4.78, 5) is 39.2. The quantitative estimate of drug-likeness (QED) is 0.0914. The number of allylic oxidation sites excluding steroid dienone is 1. The Labute approximate surface area is 300 Å². The number of fused-ring (bicyclic) bond motifs is 1. The van der Waals surface area contributed by atoms with E-state index in [2.05, 4.69) is 31.0 Å². The van der Waals surface area contributed by atoms with Gasteiger partial charge >= 0.3 is 11.9 Å². The zero-order chi connectivity index (χ0) is 36.9. The number of phenolic OH excluding ortho intramolecular Hbond substituents is 1. The molecule has 1 fully saturated rings. The molecule has 5 rings (SSSR count). The van der Waals surface area contributed by atoms with Gasteiger partial charge in [-0.1, -0.05) is 37.8 Å². The molecule has 2 aromatic carbocycles. The van der Waals surface area contributed by atoms with Crippen LogP contribution in [0.3, 0.4) is 0 Å². The number of aromatic hydroxyl groups is 1. The first-order valence-corrected chi connectivity index (χ1v) is 18.1. The molecule has 0 spiro atoms. The standard InChI is InChI=1S/C41H51NO9/c1-24(2)6-5-7-29-16-27(30-14-26(23-43)15-33(17-30)42-22-25(3)44)8-9-28-20-39(47)50-37-21-36(46)31(18-35(28)37)19-38(51-40(29)48)41(4,49)32-10-12-34(45)13-11-32/h7,14-15,17-18,21,24-25,27-28,32,38,42-44,46,49H,5-6,10-13,16,19-20,22-23H2,1-4H3/b29-7-/t25-,27-,28-,38+,41-/m0/s1. The summed E-state index contributed by atoms with van der Waals surface area (Å²) in [6.45, 7) is 7.55. The number of anilines is 1. The van der Waals surface area contributed by atoms with Gasteiger partial charge in [0, 0.05) is 54.6 Å². The zero-order valence-electron chi connectivity index (χ0n) is 30.0. The molecule has 0 saturated heterocycles. The molecule has 2 bridgehead atoms. The molecule has 51 heavy (non-hydrogen) atoms. The van der Waals surface area contributed by atoms with E-state index in [4.69, 9.17) is 9.47 Å². The summed E-state index contributed by atoms with van der Waals surface area (Å²) in [5.41, 5.74) is 1.87. The first kappa shape index (κ1) is 38.1. The van der Waals surface area contributed by atoms with Crippen molar-refractivity contribution in [3.63, 3.8) is 0 Å². The minimum Gasteiger partial charge on any atom is -0.508 e. The van der Waals surface area contributed by atoms with E-state index >= 15 is 0 Å². The van der Waals surface area contributed by atoms with Crippen molar-refractivity contribution in [2.24, 2.45) is 11.8 Å². The fourth-order valence-corrected chi connectivity index (χ4v) is 7.18. The molecule has 5 atom stereocenters. The number of hydrogen-bond acceptors (Lipinski definition) is 10. The number of aliphatic hydroxyl groups is 3. The molecule has 2 heterocycles. The van der Waals surface area contributed by atoms with Gasteiger partial charge in [0.1, 0.15) is 29.0 Å². The molecule has 1 aliphatic carbocycles. The van der Waals surface area contributed by atoms with Gasteiger partial charge in [-0.15, -0.1) is 0 Å². The van der Waals surface area contributed by atoms with Crippen LogP contribution in [-0.2, 0) is 32.1 Å². The van der Waals surface area contributed by atoms with Crippen molar-refractivity contribution >= 4 is 23.4 Å². The van der Waals surface area contributed by atoms with Gasteiger partial charge in [-0.05, 0) is 92.7 Å². The Bertz CT molecular complexity index is 1700. The van der Waals surface area contributed by atoms with Gasteiger partial charge in [0.05, 0.1) is 25.0 Å². The van der Waals surface area contributed by atoms with E-state index in [0.29, 0.717) is 66.0 Å². The second kappa shape index (κ2) is 16.4. The Hall–Kier alpha value is -4.17. The van der Waals surface area contributed by atoms with Crippen LogP contribution in [-0.4, -0.2) is 62.5 Å². The average molecular weight is 702 g/mol. The number of ether oxygens (including phenoxy) is 2. The molecule has 2 aliphatic heterocycles. The van der Waals surface area contributed by atoms with Gasteiger partial charge < -0.3 is 35.2 Å². The Morgan fingerprint density at radius 3 is 2.41 bits per heavy atom. The molecule has 0 radical (unpaired) electrons. The Balaban J connectivity index is 1.66. The predicted octanol–water partition coefficient (Wildman–Crippen LogP) is 5.59. The number of cyclic esters (lactones) is 1. The van der Waals surface area contributed by atoms with Crippen molar-refractivity contribution in [1.82, 2.24) is 0 Å². The number of carbonyl (C=O) groups excluding carboxylic acids is 3. The minimum absolute atomic E-state index is 0.0153. The largest absolute Gasteiger partial charge is 0.508 e. The summed E-state index contributed by atoms with van der Waals surface area (Å²) in [6, 6.07) is 8.60. The number of phenols is 1. The molecule has 3 aliphatic rings. The van der Waals surface area contributed by atoms with Gasteiger partial charge in [-0.2, -0.15) is 0 Å². The zero-order valence-corrected chi connectivity index (χ0v) is 30.0. The molecule has 10 nitrogen and oxygen atoms in total. The van der Waals surface area contributed by atoms with Gasteiger partial charge in [-0.25, -0.2) is 4.79 Å². The van der Waals surface area contributed by atoms with Crippen LogP contribution in [0.2, 0.25) is 0 Å². The molecule has 10 heteroatoms. The lowest BCUT2D eigenvalue weighted by atomic mass is 9.73. The van der Waals surface area contributed by atoms with E-state index < -0.39 is 41.6 Å². The van der Waals surface area contributed by atoms with E-state index in [1.807, 2.05) is 18.2 Å². The smallest absolute Gasteiger partial charge is 0.334 e. The molecular weight excluding hydrogens is 650 g/mol. The van der Waals surface area contributed by atoms with Crippen molar-refractivity contribution in [1.29, 1.82) is 0 Å². The van der Waals surface area contributed by atoms with Crippen LogP contribution in [0.15, 0.2) is 42.0 Å². The predicted molar refractivity (Wildman–Crippen MR) is 192 cm³/mol. The summed E-state index contributed by atoms with van der Waals surface area (Å²) < 4.78 is 11.8. The summed E-state index contributed by atoms with van der Waals surface area (Å²) in [5, 5.41) is 46.6. The lowest BCUT2D eigenvalue weighted by Crippen LogP contribution is -2.50. The van der Waals surface area contributed by atoms with Crippen LogP contribution in [0, 0.1) is 23.7 Å². The maximum absolute atomic E-state index is 14.4. The molecular formula is C41H51NO9. The van der Waals surface area contributed by atoms with Crippen LogP contribution in [0.5, 0.6) is 11.5 Å². The van der Waals surface area contributed by atoms with Crippen LogP contribution in [0.4, 0.5) is 5.69 Å². The van der Waals surface area contributed by atoms with E-state index in [1.165, 1.54) is 6.07 Å². The highest BCUT2D eigenvalue weighted by atomic mass is 16.6. The maximum Gasteiger partial charge on any atom is 0.334 e. The van der Waals surface area contributed by atoms with Crippen LogP contribution >= 0.6 is 0 Å². The molecule has 274 valence electrons. The van der Waals surface area contributed by atoms with Crippen molar-refractivity contribution in [2.45, 2.75) is 122 Å². The van der Waals surface area contributed by atoms with Crippen LogP contribution < -0.4 is 10.1 Å². The summed E-state index contributed by atoms with van der Waals surface area (Å²) in [5.74, 6) is 4.65. The number of nitrogens with one attached hydrogen (secondary N) is 1. The van der Waals surface area contributed by atoms with Crippen LogP contribution in [0.25, 0.3) is 0 Å². The molecule has 2 aromatic rings. The lowest BCUT2D eigenvalue weighted by molar-refractivity contribution is -0.169. The number of esters is 2. The molecule has 0 unspecified atom stereocenters. The SMILES string of the molecule is CC(C)CC/C=C1/C[C@@H](c2cc(CO)cc(NC[C@H](C)O)c2)C#C[C@H]2CC(=O)Oc3cc(O)c(cc32)C[C@H]([C@@](C)(O)C2CCC(=O)CC2)OC1=O. The van der Waals surface area contributed by atoms with Gasteiger partial charge in [-0.3, -0.25) is 9.59 Å². The summed E-state index contributed by atoms with van der Waals surface area (Å²) in [7, 11) is 0.